The van der Waals surface area contributed by atoms with Crippen molar-refractivity contribution in [3.05, 3.63) is 0 Å². The van der Waals surface area contributed by atoms with Crippen LogP contribution in [0.3, 0.4) is 0 Å². The van der Waals surface area contributed by atoms with Gasteiger partial charge in [0.15, 0.2) is 0 Å². The quantitative estimate of drug-likeness (QED) is 0.370. The van der Waals surface area contributed by atoms with Gasteiger partial charge in [0.2, 0.25) is 0 Å². The normalized spacial score (nSPS) is 55.5. The fourth-order valence-electron chi connectivity index (χ4n) is 1.65. The fraction of sp³-hybridized carbons (Fsp3) is 1.00. The summed E-state index contributed by atoms with van der Waals surface area (Å²) in [6, 6.07) is 0. The molecular formula is C8H16O4. The lowest BCUT2D eigenvalue weighted by Gasteiger charge is -2.41. The monoisotopic (exact) mass is 176 g/mol. The lowest BCUT2D eigenvalue weighted by molar-refractivity contribution is -0.170. The first-order valence-corrected chi connectivity index (χ1v) is 4.19. The molecule has 12 heavy (non-hydrogen) atoms. The first kappa shape index (κ1) is 9.92. The average Bonchev–Trinajstić information content (AvgIpc) is 2.08. The molecule has 1 saturated carbocycles. The van der Waals surface area contributed by atoms with Crippen molar-refractivity contribution in [1.82, 2.24) is 0 Å². The molecule has 1 rings (SSSR count). The standard InChI is InChI=1S/C8H16O4/c1-3-5(9)7(11)4(2)8(12)6(3)10/h3-12H,1-2H3. The molecule has 1 aliphatic carbocycles. The molecule has 4 heteroatoms. The van der Waals surface area contributed by atoms with Gasteiger partial charge in [-0.3, -0.25) is 0 Å². The van der Waals surface area contributed by atoms with Gasteiger partial charge in [-0.05, 0) is 0 Å². The van der Waals surface area contributed by atoms with Crippen molar-refractivity contribution in [2.24, 2.45) is 11.8 Å². The Morgan fingerprint density at radius 2 is 0.750 bits per heavy atom. The highest BCUT2D eigenvalue weighted by Gasteiger charge is 2.44. The Bertz CT molecular complexity index is 103. The zero-order chi connectivity index (χ0) is 9.46. The van der Waals surface area contributed by atoms with E-state index in [0.717, 1.165) is 0 Å². The van der Waals surface area contributed by atoms with E-state index in [1.165, 1.54) is 0 Å². The second-order valence-electron chi connectivity index (χ2n) is 3.68. The number of rotatable bonds is 0. The molecule has 4 N–H and O–H groups in total. The van der Waals surface area contributed by atoms with Crippen LogP contribution in [-0.2, 0) is 0 Å². The van der Waals surface area contributed by atoms with Gasteiger partial charge in [-0.2, -0.15) is 0 Å². The van der Waals surface area contributed by atoms with E-state index in [4.69, 9.17) is 0 Å². The van der Waals surface area contributed by atoms with Crippen molar-refractivity contribution >= 4 is 0 Å². The Kier molecular flexibility index (Phi) is 2.73. The molecule has 0 aromatic carbocycles. The molecule has 4 unspecified atom stereocenters. The van der Waals surface area contributed by atoms with Gasteiger partial charge >= 0.3 is 0 Å². The Balaban J connectivity index is 2.76. The second kappa shape index (κ2) is 3.30. The molecule has 0 aromatic heterocycles. The molecule has 1 aliphatic rings. The molecule has 1 fully saturated rings. The van der Waals surface area contributed by atoms with Gasteiger partial charge in [0.1, 0.15) is 0 Å². The summed E-state index contributed by atoms with van der Waals surface area (Å²) >= 11 is 0. The first-order chi connectivity index (χ1) is 5.46. The third-order valence-corrected chi connectivity index (χ3v) is 2.85. The number of hydrogen-bond donors (Lipinski definition) is 4. The van der Waals surface area contributed by atoms with Gasteiger partial charge in [-0.1, -0.05) is 13.8 Å². The maximum absolute atomic E-state index is 9.38. The smallest absolute Gasteiger partial charge is 0.0853 e. The predicted octanol–water partition coefficient (Wildman–Crippen LogP) is -1.28. The maximum atomic E-state index is 9.38. The molecule has 0 amide bonds. The lowest BCUT2D eigenvalue weighted by atomic mass is 9.75. The zero-order valence-corrected chi connectivity index (χ0v) is 7.25. The van der Waals surface area contributed by atoms with E-state index in [2.05, 4.69) is 0 Å². The fourth-order valence-corrected chi connectivity index (χ4v) is 1.65. The van der Waals surface area contributed by atoms with Crippen LogP contribution in [0.2, 0.25) is 0 Å². The minimum absolute atomic E-state index is 0.480. The lowest BCUT2D eigenvalue weighted by Crippen LogP contribution is -2.56. The molecule has 0 bridgehead atoms. The van der Waals surface area contributed by atoms with Crippen molar-refractivity contribution in [1.29, 1.82) is 0 Å². The van der Waals surface area contributed by atoms with E-state index >= 15 is 0 Å². The molecule has 4 nitrogen and oxygen atoms in total. The summed E-state index contributed by atoms with van der Waals surface area (Å²) < 4.78 is 0. The van der Waals surface area contributed by atoms with E-state index in [9.17, 15) is 20.4 Å². The van der Waals surface area contributed by atoms with Crippen LogP contribution in [0, 0.1) is 11.8 Å². The first-order valence-electron chi connectivity index (χ1n) is 4.19. The number of aliphatic hydroxyl groups excluding tert-OH is 4. The molecule has 72 valence electrons. The summed E-state index contributed by atoms with van der Waals surface area (Å²) in [6.07, 6.45) is -3.78. The topological polar surface area (TPSA) is 80.9 Å². The van der Waals surface area contributed by atoms with Crippen LogP contribution in [0.5, 0.6) is 0 Å². The van der Waals surface area contributed by atoms with E-state index in [1.54, 1.807) is 13.8 Å². The third-order valence-electron chi connectivity index (χ3n) is 2.85. The van der Waals surface area contributed by atoms with Gasteiger partial charge in [-0.15, -0.1) is 0 Å². The summed E-state index contributed by atoms with van der Waals surface area (Å²) in [5.41, 5.74) is 0. The molecule has 0 radical (unpaired) electrons. The van der Waals surface area contributed by atoms with Crippen LogP contribution >= 0.6 is 0 Å². The van der Waals surface area contributed by atoms with Crippen molar-refractivity contribution in [2.75, 3.05) is 0 Å². The van der Waals surface area contributed by atoms with Gasteiger partial charge < -0.3 is 20.4 Å². The highest BCUT2D eigenvalue weighted by Crippen LogP contribution is 2.29. The molecule has 0 aromatic rings. The molecule has 4 atom stereocenters. The summed E-state index contributed by atoms with van der Waals surface area (Å²) in [4.78, 5) is 0. The minimum Gasteiger partial charge on any atom is -0.390 e. The zero-order valence-electron chi connectivity index (χ0n) is 7.25. The van der Waals surface area contributed by atoms with Gasteiger partial charge in [0.05, 0.1) is 24.4 Å². The molecule has 0 saturated heterocycles. The van der Waals surface area contributed by atoms with E-state index in [-0.39, 0.29) is 0 Å². The van der Waals surface area contributed by atoms with E-state index < -0.39 is 36.3 Å². The van der Waals surface area contributed by atoms with Crippen molar-refractivity contribution in [3.63, 3.8) is 0 Å². The van der Waals surface area contributed by atoms with Gasteiger partial charge in [0, 0.05) is 11.8 Å². The van der Waals surface area contributed by atoms with E-state index in [0.29, 0.717) is 0 Å². The number of aliphatic hydroxyl groups is 4. The highest BCUT2D eigenvalue weighted by molar-refractivity contribution is 4.94. The maximum Gasteiger partial charge on any atom is 0.0853 e. The van der Waals surface area contributed by atoms with Gasteiger partial charge in [0.25, 0.3) is 0 Å². The van der Waals surface area contributed by atoms with Crippen molar-refractivity contribution < 1.29 is 20.4 Å². The Labute approximate surface area is 71.5 Å². The largest absolute Gasteiger partial charge is 0.390 e. The molecular weight excluding hydrogens is 160 g/mol. The summed E-state index contributed by atoms with van der Waals surface area (Å²) in [5.74, 6) is -0.961. The minimum atomic E-state index is -0.946. The average molecular weight is 176 g/mol. The molecule has 0 aliphatic heterocycles. The predicted molar refractivity (Wildman–Crippen MR) is 42.4 cm³/mol. The van der Waals surface area contributed by atoms with Crippen LogP contribution in [0.1, 0.15) is 13.8 Å². The Morgan fingerprint density at radius 1 is 0.583 bits per heavy atom. The number of hydrogen-bond acceptors (Lipinski definition) is 4. The molecule has 0 spiro atoms. The second-order valence-corrected chi connectivity index (χ2v) is 3.68. The van der Waals surface area contributed by atoms with Crippen LogP contribution in [-0.4, -0.2) is 44.8 Å². The van der Waals surface area contributed by atoms with Crippen LogP contribution in [0.15, 0.2) is 0 Å². The van der Waals surface area contributed by atoms with E-state index in [1.807, 2.05) is 0 Å². The summed E-state index contributed by atoms with van der Waals surface area (Å²) in [5, 5.41) is 37.5. The van der Waals surface area contributed by atoms with Crippen molar-refractivity contribution in [2.45, 2.75) is 38.3 Å². The van der Waals surface area contributed by atoms with Crippen molar-refractivity contribution in [3.8, 4) is 0 Å². The van der Waals surface area contributed by atoms with Crippen LogP contribution in [0.25, 0.3) is 0 Å². The SMILES string of the molecule is CC1C(O)C(O)C(C)C(O)C1O. The highest BCUT2D eigenvalue weighted by atomic mass is 16.4. The summed E-state index contributed by atoms with van der Waals surface area (Å²) in [6.45, 7) is 3.21. The Morgan fingerprint density at radius 3 is 0.917 bits per heavy atom. The third kappa shape index (κ3) is 1.35. The van der Waals surface area contributed by atoms with Crippen LogP contribution < -0.4 is 0 Å². The summed E-state index contributed by atoms with van der Waals surface area (Å²) in [7, 11) is 0. The molecule has 0 heterocycles. The van der Waals surface area contributed by atoms with Gasteiger partial charge in [-0.25, -0.2) is 0 Å². The van der Waals surface area contributed by atoms with Crippen LogP contribution in [0.4, 0.5) is 0 Å². The Hall–Kier alpha value is -0.160.